The molecule has 1 fully saturated rings. The van der Waals surface area contributed by atoms with Crippen LogP contribution in [0.15, 0.2) is 124 Å². The average molecular weight is 1140 g/mol. The van der Waals surface area contributed by atoms with E-state index in [0.29, 0.717) is 59.9 Å². The number of hydrogen-bond acceptors (Lipinski definition) is 12. The van der Waals surface area contributed by atoms with Gasteiger partial charge >= 0.3 is 5.69 Å². The first kappa shape index (κ1) is 59.8. The average Bonchev–Trinajstić information content (AvgIpc) is 4.33. The molecular weight excluding hydrogens is 1060 g/mol. The third kappa shape index (κ3) is 14.6. The van der Waals surface area contributed by atoms with E-state index in [0.717, 1.165) is 42.4 Å². The van der Waals surface area contributed by atoms with Crippen LogP contribution in [0.5, 0.6) is 23.0 Å². The second-order valence-electron chi connectivity index (χ2n) is 22.2. The number of sulfone groups is 1. The smallest absolute Gasteiger partial charge is 0.328 e. The Kier molecular flexibility index (Phi) is 19.2. The zero-order valence-corrected chi connectivity index (χ0v) is 49.2. The number of aryl methyl sites for hydroxylation is 5. The fourth-order valence-corrected chi connectivity index (χ4v) is 12.5. The first-order valence-corrected chi connectivity index (χ1v) is 30.3. The lowest BCUT2D eigenvalue weighted by Crippen LogP contribution is -2.56. The minimum absolute atomic E-state index is 0.0194. The third-order valence-corrected chi connectivity index (χ3v) is 17.5. The van der Waals surface area contributed by atoms with E-state index in [-0.39, 0.29) is 64.8 Å². The van der Waals surface area contributed by atoms with Crippen LogP contribution >= 0.6 is 11.3 Å². The predicted octanol–water partition coefficient (Wildman–Crippen LogP) is 11.2. The number of ketones is 2. The number of thiophene rings is 1. The number of amides is 2. The molecule has 17 heteroatoms. The summed E-state index contributed by atoms with van der Waals surface area (Å²) in [5.41, 5.74) is 4.87. The number of nitrogens with one attached hydrogen (secondary N) is 1. The minimum Gasteiger partial charge on any atom is -0.493 e. The zero-order valence-electron chi connectivity index (χ0n) is 47.6. The molecule has 0 spiro atoms. The molecule has 0 bridgehead atoms. The number of imidazole rings is 1. The van der Waals surface area contributed by atoms with Crippen molar-refractivity contribution in [3.05, 3.63) is 158 Å². The Morgan fingerprint density at radius 1 is 0.765 bits per heavy atom. The monoisotopic (exact) mass is 1140 g/mol. The predicted molar refractivity (Wildman–Crippen MR) is 317 cm³/mol. The number of aliphatic hydroxyl groups is 1. The highest BCUT2D eigenvalue weighted by molar-refractivity contribution is 7.90. The second-order valence-corrected chi connectivity index (χ2v) is 25.1. The van der Waals surface area contributed by atoms with Crippen molar-refractivity contribution in [2.45, 2.75) is 128 Å². The zero-order chi connectivity index (χ0) is 58.2. The molecule has 7 aromatic rings. The van der Waals surface area contributed by atoms with Crippen molar-refractivity contribution in [3.63, 3.8) is 0 Å². The molecule has 0 unspecified atom stereocenters. The highest BCUT2D eigenvalue weighted by Gasteiger charge is 2.44. The fourth-order valence-electron chi connectivity index (χ4n) is 10.1. The molecule has 1 aliphatic heterocycles. The molecule has 8 rings (SSSR count). The van der Waals surface area contributed by atoms with Crippen LogP contribution in [0.3, 0.4) is 0 Å². The van der Waals surface area contributed by atoms with E-state index < -0.39 is 51.0 Å². The van der Waals surface area contributed by atoms with Gasteiger partial charge in [0.15, 0.2) is 21.4 Å². The van der Waals surface area contributed by atoms with Gasteiger partial charge in [0.05, 0.1) is 47.0 Å². The molecule has 15 nitrogen and oxygen atoms in total. The van der Waals surface area contributed by atoms with Crippen LogP contribution in [-0.2, 0) is 52.1 Å². The van der Waals surface area contributed by atoms with Gasteiger partial charge in [-0.1, -0.05) is 96.0 Å². The maximum absolute atomic E-state index is 14.4. The first-order chi connectivity index (χ1) is 38.6. The summed E-state index contributed by atoms with van der Waals surface area (Å²) in [6.07, 6.45) is 3.96. The molecule has 2 N–H and O–H groups in total. The molecule has 0 radical (unpaired) electrons. The van der Waals surface area contributed by atoms with Gasteiger partial charge in [0.25, 0.3) is 5.91 Å². The van der Waals surface area contributed by atoms with Crippen molar-refractivity contribution in [2.24, 2.45) is 19.5 Å². The summed E-state index contributed by atoms with van der Waals surface area (Å²) in [7, 11) is -0.862. The summed E-state index contributed by atoms with van der Waals surface area (Å²) in [5.74, 6) is -0.240. The van der Waals surface area contributed by atoms with Crippen molar-refractivity contribution in [2.75, 3.05) is 19.8 Å². The largest absolute Gasteiger partial charge is 0.493 e. The van der Waals surface area contributed by atoms with Gasteiger partial charge in [-0.3, -0.25) is 28.3 Å². The Morgan fingerprint density at radius 2 is 1.41 bits per heavy atom. The summed E-state index contributed by atoms with van der Waals surface area (Å²) in [6.45, 7) is 12.6. The number of benzene rings is 5. The fraction of sp³-hybridized carbons (Fsp3) is 0.391. The van der Waals surface area contributed by atoms with E-state index in [4.69, 9.17) is 14.2 Å². The Morgan fingerprint density at radius 3 is 2.05 bits per heavy atom. The molecule has 3 atom stereocenters. The molecule has 0 saturated carbocycles. The van der Waals surface area contributed by atoms with Crippen molar-refractivity contribution in [1.82, 2.24) is 19.4 Å². The number of Topliss-reactive ketones (excluding diaryl/α,β-unsaturated/α-hetero) is 2. The van der Waals surface area contributed by atoms with Gasteiger partial charge in [0.1, 0.15) is 29.0 Å². The van der Waals surface area contributed by atoms with E-state index in [1.165, 1.54) is 42.7 Å². The van der Waals surface area contributed by atoms with Crippen LogP contribution in [0.4, 0.5) is 0 Å². The van der Waals surface area contributed by atoms with Gasteiger partial charge in [-0.15, -0.1) is 11.3 Å². The number of ether oxygens (including phenoxy) is 3. The number of β-amino-alcohol motifs (C(OH)–C–C–N with tert-alkyl or cyclic N) is 1. The minimum atomic E-state index is -4.12. The van der Waals surface area contributed by atoms with Gasteiger partial charge in [0.2, 0.25) is 5.91 Å². The maximum atomic E-state index is 14.4. The Hall–Kier alpha value is -7.34. The Balaban J connectivity index is 0.908. The van der Waals surface area contributed by atoms with Gasteiger partial charge in [-0.25, -0.2) is 13.2 Å². The van der Waals surface area contributed by atoms with E-state index in [2.05, 4.69) is 42.7 Å². The summed E-state index contributed by atoms with van der Waals surface area (Å²) in [5, 5.41) is 15.7. The van der Waals surface area contributed by atoms with Crippen LogP contribution < -0.4 is 25.2 Å². The van der Waals surface area contributed by atoms with Crippen molar-refractivity contribution in [3.8, 4) is 33.4 Å². The molecule has 2 amide bonds. The van der Waals surface area contributed by atoms with E-state index in [1.54, 1.807) is 86.1 Å². The van der Waals surface area contributed by atoms with Crippen LogP contribution in [0, 0.1) is 12.3 Å². The van der Waals surface area contributed by atoms with Gasteiger partial charge < -0.3 is 29.5 Å². The summed E-state index contributed by atoms with van der Waals surface area (Å²) >= 11 is 1.68. The van der Waals surface area contributed by atoms with Crippen molar-refractivity contribution < 1.29 is 46.9 Å². The number of nitrogens with zero attached hydrogens (tertiary/aromatic N) is 3. The molecule has 3 heterocycles. The quantitative estimate of drug-likeness (QED) is 0.0409. The first-order valence-electron chi connectivity index (χ1n) is 27.8. The molecule has 428 valence electrons. The summed E-state index contributed by atoms with van der Waals surface area (Å²) in [6, 6.07) is 29.6. The Labute approximate surface area is 478 Å². The lowest BCUT2D eigenvalue weighted by Gasteiger charge is -2.35. The van der Waals surface area contributed by atoms with E-state index >= 15 is 0 Å². The molecule has 0 aliphatic carbocycles. The Bertz CT molecular complexity index is 3570. The van der Waals surface area contributed by atoms with Crippen LogP contribution in [0.2, 0.25) is 0 Å². The topological polar surface area (TPSA) is 193 Å². The van der Waals surface area contributed by atoms with Gasteiger partial charge in [-0.05, 0) is 102 Å². The standard InChI is InChI=1S/C64H74N4O11S2/c1-9-11-12-30-78-50-35-49(77-29-10-2)36-51(37-50)79-58-38-54-53(66(7)63(74)67(54)8)33-47(58)40-81(75,76)52-15-13-14-46(32-52)56(70)26-20-43-18-24-45(25-19-43)61(72)65-60(64(4,5)6)62(73)68-39-48(69)34-55(68)57(71)27-21-42-16-22-44(23-17-42)59-41(3)28-31-80-59/h13-19,22-25,28,31-33,35-38,48,55,60,69H,9-12,20-21,26-27,29-30,34,39-40H2,1-8H3,(H,65,72)/t48-,55+,60-/m1/s1. The molecule has 1 aliphatic rings. The number of rotatable bonds is 25. The summed E-state index contributed by atoms with van der Waals surface area (Å²) < 4.78 is 50.2. The van der Waals surface area contributed by atoms with Crippen LogP contribution in [0.25, 0.3) is 21.5 Å². The van der Waals surface area contributed by atoms with E-state index in [9.17, 15) is 37.5 Å². The molecule has 81 heavy (non-hydrogen) atoms. The number of likely N-dealkylation sites (tertiary alicyclic amines) is 1. The lowest BCUT2D eigenvalue weighted by atomic mass is 9.85. The van der Waals surface area contributed by atoms with Crippen LogP contribution in [-0.4, -0.2) is 88.9 Å². The van der Waals surface area contributed by atoms with Crippen molar-refractivity contribution in [1.29, 1.82) is 0 Å². The number of hydrogen-bond donors (Lipinski definition) is 2. The maximum Gasteiger partial charge on any atom is 0.328 e. The number of carbonyl (C=O) groups is 4. The highest BCUT2D eigenvalue weighted by Crippen LogP contribution is 2.37. The van der Waals surface area contributed by atoms with Gasteiger partial charge in [0, 0.05) is 85.7 Å². The second kappa shape index (κ2) is 26.1. The molecule has 2 aromatic heterocycles. The number of fused-ring (bicyclic) bond motifs is 1. The van der Waals surface area contributed by atoms with Crippen molar-refractivity contribution >= 4 is 55.6 Å². The third-order valence-electron chi connectivity index (χ3n) is 14.8. The lowest BCUT2D eigenvalue weighted by molar-refractivity contribution is -0.141. The van der Waals surface area contributed by atoms with E-state index in [1.807, 2.05) is 39.8 Å². The summed E-state index contributed by atoms with van der Waals surface area (Å²) in [4.78, 5) is 71.3. The SMILES string of the molecule is CCCCCOc1cc(OCCC)cc(Oc2cc3c(cc2CS(=O)(=O)c2cccc(C(=O)CCc4ccc(C(=O)N[C@H](C(=O)N5C[C@H](O)C[C@H]5C(=O)CCc5ccc(-c6sccc6C)cc5)C(C)(C)C)cc4)c2)n(C)c(=O)n3C)c1. The number of aliphatic hydroxyl groups excluding tert-OH is 1. The molecule has 1 saturated heterocycles. The molecular formula is C64H74N4O11S2. The van der Waals surface area contributed by atoms with Crippen LogP contribution in [0.1, 0.15) is 123 Å². The highest BCUT2D eigenvalue weighted by atomic mass is 32.2. The molecule has 5 aromatic carbocycles. The normalized spacial score (nSPS) is 15.0. The number of unbranched alkanes of at least 4 members (excludes halogenated alkanes) is 2. The number of aromatic nitrogens is 2. The number of carbonyl (C=O) groups excluding carboxylic acids is 4. The van der Waals surface area contributed by atoms with Gasteiger partial charge in [-0.2, -0.15) is 0 Å².